The topological polar surface area (TPSA) is 47.0 Å². The van der Waals surface area contributed by atoms with Crippen molar-refractivity contribution >= 4 is 17.4 Å². The number of hydrogen-bond donors (Lipinski definition) is 1. The van der Waals surface area contributed by atoms with Crippen molar-refractivity contribution in [2.45, 2.75) is 26.5 Å². The van der Waals surface area contributed by atoms with E-state index < -0.39 is 5.82 Å². The molecule has 0 spiro atoms. The molecule has 0 saturated heterocycles. The van der Waals surface area contributed by atoms with E-state index in [1.807, 2.05) is 19.9 Å². The molecule has 0 aliphatic rings. The number of anilines is 1. The van der Waals surface area contributed by atoms with Gasteiger partial charge in [-0.15, -0.1) is 0 Å². The van der Waals surface area contributed by atoms with E-state index in [1.165, 1.54) is 12.3 Å². The summed E-state index contributed by atoms with van der Waals surface area (Å²) >= 11 is 5.66. The molecular formula is C14H15ClFN3O. The quantitative estimate of drug-likeness (QED) is 0.914. The number of rotatable bonds is 5. The van der Waals surface area contributed by atoms with Gasteiger partial charge in [0.1, 0.15) is 0 Å². The van der Waals surface area contributed by atoms with Crippen molar-refractivity contribution in [3.63, 3.8) is 0 Å². The zero-order valence-electron chi connectivity index (χ0n) is 11.2. The molecule has 0 radical (unpaired) electrons. The predicted octanol–water partition coefficient (Wildman–Crippen LogP) is 3.67. The number of aromatic nitrogens is 2. The zero-order valence-corrected chi connectivity index (χ0v) is 12.0. The van der Waals surface area contributed by atoms with Crippen LogP contribution in [0.2, 0.25) is 5.02 Å². The first-order valence-corrected chi connectivity index (χ1v) is 6.59. The van der Waals surface area contributed by atoms with Crippen LogP contribution in [0.4, 0.5) is 10.2 Å². The highest BCUT2D eigenvalue weighted by atomic mass is 35.5. The fourth-order valence-corrected chi connectivity index (χ4v) is 1.76. The largest absolute Gasteiger partial charge is 0.475 e. The van der Waals surface area contributed by atoms with Crippen molar-refractivity contribution in [2.24, 2.45) is 0 Å². The van der Waals surface area contributed by atoms with Crippen LogP contribution < -0.4 is 10.1 Å². The molecule has 2 rings (SSSR count). The van der Waals surface area contributed by atoms with E-state index in [4.69, 9.17) is 16.3 Å². The van der Waals surface area contributed by atoms with Gasteiger partial charge in [-0.25, -0.2) is 14.4 Å². The summed E-state index contributed by atoms with van der Waals surface area (Å²) < 4.78 is 19.2. The van der Waals surface area contributed by atoms with Gasteiger partial charge in [0.2, 0.25) is 5.88 Å². The third-order valence-corrected chi connectivity index (χ3v) is 2.66. The molecule has 4 nitrogen and oxygen atoms in total. The molecule has 0 atom stereocenters. The van der Waals surface area contributed by atoms with Crippen molar-refractivity contribution in [2.75, 3.05) is 5.32 Å². The average molecular weight is 296 g/mol. The van der Waals surface area contributed by atoms with Crippen LogP contribution in [0, 0.1) is 5.82 Å². The van der Waals surface area contributed by atoms with Crippen molar-refractivity contribution in [1.82, 2.24) is 9.97 Å². The molecule has 0 amide bonds. The highest BCUT2D eigenvalue weighted by Gasteiger charge is 2.09. The second-order valence-corrected chi connectivity index (χ2v) is 4.91. The zero-order chi connectivity index (χ0) is 14.5. The van der Waals surface area contributed by atoms with E-state index in [1.54, 1.807) is 12.3 Å². The van der Waals surface area contributed by atoms with Crippen molar-refractivity contribution in [3.8, 4) is 5.88 Å². The summed E-state index contributed by atoms with van der Waals surface area (Å²) in [6.45, 7) is 4.21. The van der Waals surface area contributed by atoms with Gasteiger partial charge in [-0.1, -0.05) is 17.7 Å². The molecule has 0 aromatic carbocycles. The van der Waals surface area contributed by atoms with Crippen molar-refractivity contribution in [1.29, 1.82) is 0 Å². The Balaban J connectivity index is 2.10. The highest BCUT2D eigenvalue weighted by Crippen LogP contribution is 2.19. The maximum Gasteiger partial charge on any atom is 0.218 e. The van der Waals surface area contributed by atoms with Crippen LogP contribution in [0.1, 0.15) is 19.4 Å². The van der Waals surface area contributed by atoms with Crippen LogP contribution in [0.3, 0.4) is 0 Å². The monoisotopic (exact) mass is 295 g/mol. The van der Waals surface area contributed by atoms with Gasteiger partial charge in [-0.05, 0) is 26.0 Å². The molecule has 2 aromatic heterocycles. The van der Waals surface area contributed by atoms with Crippen molar-refractivity contribution in [3.05, 3.63) is 47.0 Å². The summed E-state index contributed by atoms with van der Waals surface area (Å²) in [5.41, 5.74) is 0.831. The molecule has 106 valence electrons. The standard InChI is InChI=1S/C14H15ClFN3O/c1-9(2)20-14-10(4-3-5-17-14)7-18-13-12(16)6-11(15)8-19-13/h3-6,8-9H,7H2,1-2H3,(H,18,19). The smallest absolute Gasteiger partial charge is 0.218 e. The average Bonchev–Trinajstić information content (AvgIpc) is 2.39. The normalized spacial score (nSPS) is 10.7. The third-order valence-electron chi connectivity index (χ3n) is 2.45. The molecular weight excluding hydrogens is 281 g/mol. The molecule has 0 unspecified atom stereocenters. The van der Waals surface area contributed by atoms with Gasteiger partial charge in [0.15, 0.2) is 11.6 Å². The molecule has 0 aliphatic carbocycles. The number of hydrogen-bond acceptors (Lipinski definition) is 4. The fraction of sp³-hybridized carbons (Fsp3) is 0.286. The molecule has 0 saturated carbocycles. The highest BCUT2D eigenvalue weighted by molar-refractivity contribution is 6.30. The molecule has 1 N–H and O–H groups in total. The Bertz CT molecular complexity index is 592. The van der Waals surface area contributed by atoms with Crippen LogP contribution >= 0.6 is 11.6 Å². The van der Waals surface area contributed by atoms with Gasteiger partial charge < -0.3 is 10.1 Å². The third kappa shape index (κ3) is 3.81. The van der Waals surface area contributed by atoms with Gasteiger partial charge >= 0.3 is 0 Å². The predicted molar refractivity (Wildman–Crippen MR) is 76.5 cm³/mol. The number of pyridine rings is 2. The molecule has 20 heavy (non-hydrogen) atoms. The second kappa shape index (κ2) is 6.52. The lowest BCUT2D eigenvalue weighted by Crippen LogP contribution is -2.11. The summed E-state index contributed by atoms with van der Waals surface area (Å²) in [6.07, 6.45) is 3.07. The molecule has 0 aliphatic heterocycles. The maximum atomic E-state index is 13.6. The summed E-state index contributed by atoms with van der Waals surface area (Å²) in [5.74, 6) is 0.186. The Morgan fingerprint density at radius 3 is 2.90 bits per heavy atom. The van der Waals surface area contributed by atoms with Gasteiger partial charge in [0.25, 0.3) is 0 Å². The Morgan fingerprint density at radius 1 is 1.40 bits per heavy atom. The minimum absolute atomic E-state index is 0.0223. The number of ether oxygens (including phenoxy) is 1. The van der Waals surface area contributed by atoms with E-state index in [2.05, 4.69) is 15.3 Å². The lowest BCUT2D eigenvalue weighted by Gasteiger charge is -2.13. The Hall–Kier alpha value is -1.88. The van der Waals surface area contributed by atoms with Crippen molar-refractivity contribution < 1.29 is 9.13 Å². The first-order chi connectivity index (χ1) is 9.56. The van der Waals surface area contributed by atoms with Gasteiger partial charge in [-0.2, -0.15) is 0 Å². The summed E-state index contributed by atoms with van der Waals surface area (Å²) in [4.78, 5) is 8.07. The summed E-state index contributed by atoms with van der Waals surface area (Å²) in [6, 6.07) is 4.88. The molecule has 0 bridgehead atoms. The van der Waals surface area contributed by atoms with E-state index in [9.17, 15) is 4.39 Å². The Kier molecular flexibility index (Phi) is 4.74. The lowest BCUT2D eigenvalue weighted by molar-refractivity contribution is 0.230. The molecule has 0 fully saturated rings. The number of halogens is 2. The number of nitrogens with zero attached hydrogens (tertiary/aromatic N) is 2. The van der Waals surface area contributed by atoms with Crippen LogP contribution in [-0.2, 0) is 6.54 Å². The molecule has 6 heteroatoms. The summed E-state index contributed by atoms with van der Waals surface area (Å²) in [7, 11) is 0. The van der Waals surface area contributed by atoms with E-state index in [0.29, 0.717) is 12.4 Å². The van der Waals surface area contributed by atoms with E-state index in [-0.39, 0.29) is 16.9 Å². The second-order valence-electron chi connectivity index (χ2n) is 4.47. The minimum atomic E-state index is -0.493. The van der Waals surface area contributed by atoms with E-state index >= 15 is 0 Å². The maximum absolute atomic E-state index is 13.6. The fourth-order valence-electron chi connectivity index (χ4n) is 1.61. The Labute approximate surface area is 122 Å². The van der Waals surface area contributed by atoms with Crippen LogP contribution in [0.15, 0.2) is 30.6 Å². The van der Waals surface area contributed by atoms with Gasteiger partial charge in [0, 0.05) is 24.5 Å². The number of nitrogens with one attached hydrogen (secondary N) is 1. The summed E-state index contributed by atoms with van der Waals surface area (Å²) in [5, 5.41) is 3.17. The lowest BCUT2D eigenvalue weighted by atomic mass is 10.2. The van der Waals surface area contributed by atoms with Gasteiger partial charge in [0.05, 0.1) is 11.1 Å². The molecule has 2 heterocycles. The van der Waals surface area contributed by atoms with E-state index in [0.717, 1.165) is 5.56 Å². The van der Waals surface area contributed by atoms with Crippen LogP contribution in [0.5, 0.6) is 5.88 Å². The molecule has 2 aromatic rings. The van der Waals surface area contributed by atoms with Crippen LogP contribution in [0.25, 0.3) is 0 Å². The van der Waals surface area contributed by atoms with Gasteiger partial charge in [-0.3, -0.25) is 0 Å². The Morgan fingerprint density at radius 2 is 2.20 bits per heavy atom. The van der Waals surface area contributed by atoms with Crippen LogP contribution in [-0.4, -0.2) is 16.1 Å². The first kappa shape index (κ1) is 14.5. The minimum Gasteiger partial charge on any atom is -0.475 e. The first-order valence-electron chi connectivity index (χ1n) is 6.21. The SMILES string of the molecule is CC(C)Oc1ncccc1CNc1ncc(Cl)cc1F.